The van der Waals surface area contributed by atoms with Crippen molar-refractivity contribution in [1.29, 1.82) is 0 Å². The summed E-state index contributed by atoms with van der Waals surface area (Å²) in [6, 6.07) is 4.76. The Kier molecular flexibility index (Phi) is 5.53. The number of hydrogen-bond donors (Lipinski definition) is 1. The molecule has 1 fully saturated rings. The molecular formula is C18H28N2O. The molecule has 0 aromatic carbocycles. The highest BCUT2D eigenvalue weighted by atomic mass is 16.3. The van der Waals surface area contributed by atoms with Gasteiger partial charge in [0.25, 0.3) is 0 Å². The van der Waals surface area contributed by atoms with Gasteiger partial charge in [-0.1, -0.05) is 11.6 Å². The number of nitrogens with zero attached hydrogens (tertiary/aromatic N) is 1. The number of furan rings is 1. The predicted molar refractivity (Wildman–Crippen MR) is 86.2 cm³/mol. The van der Waals surface area contributed by atoms with Crippen molar-refractivity contribution < 1.29 is 4.42 Å². The summed E-state index contributed by atoms with van der Waals surface area (Å²) in [5, 5.41) is 3.76. The van der Waals surface area contributed by atoms with Crippen LogP contribution in [0.3, 0.4) is 0 Å². The van der Waals surface area contributed by atoms with Gasteiger partial charge in [-0.2, -0.15) is 0 Å². The van der Waals surface area contributed by atoms with Crippen molar-refractivity contribution in [2.45, 2.75) is 57.5 Å². The fraction of sp³-hybridized carbons (Fsp3) is 0.667. The second-order valence-electron chi connectivity index (χ2n) is 6.44. The molecule has 1 aliphatic heterocycles. The molecule has 3 nitrogen and oxygen atoms in total. The smallest absolute Gasteiger partial charge is 0.117 e. The first kappa shape index (κ1) is 14.9. The van der Waals surface area contributed by atoms with Crippen molar-refractivity contribution in [3.05, 3.63) is 35.8 Å². The average molecular weight is 288 g/mol. The summed E-state index contributed by atoms with van der Waals surface area (Å²) in [6.45, 7) is 4.49. The molecule has 21 heavy (non-hydrogen) atoms. The van der Waals surface area contributed by atoms with E-state index < -0.39 is 0 Å². The normalized spacial score (nSPS) is 21.4. The predicted octanol–water partition coefficient (Wildman–Crippen LogP) is 3.72. The van der Waals surface area contributed by atoms with E-state index in [1.807, 2.05) is 6.07 Å². The zero-order valence-corrected chi connectivity index (χ0v) is 13.0. The van der Waals surface area contributed by atoms with Gasteiger partial charge in [0.15, 0.2) is 0 Å². The van der Waals surface area contributed by atoms with Crippen molar-refractivity contribution in [2.75, 3.05) is 19.6 Å². The molecular weight excluding hydrogens is 260 g/mol. The van der Waals surface area contributed by atoms with Crippen LogP contribution in [0.1, 0.15) is 50.7 Å². The lowest BCUT2D eigenvalue weighted by Crippen LogP contribution is -2.42. The summed E-state index contributed by atoms with van der Waals surface area (Å²) in [5.41, 5.74) is 1.68. The fourth-order valence-electron chi connectivity index (χ4n) is 3.49. The maximum atomic E-state index is 5.43. The van der Waals surface area contributed by atoms with Crippen LogP contribution in [0.4, 0.5) is 0 Å². The van der Waals surface area contributed by atoms with E-state index in [1.54, 1.807) is 11.8 Å². The zero-order valence-electron chi connectivity index (χ0n) is 13.0. The van der Waals surface area contributed by atoms with Crippen molar-refractivity contribution >= 4 is 0 Å². The lowest BCUT2D eigenvalue weighted by molar-refractivity contribution is 0.179. The highest BCUT2D eigenvalue weighted by Crippen LogP contribution is 2.20. The van der Waals surface area contributed by atoms with Crippen LogP contribution in [-0.2, 0) is 6.54 Å². The van der Waals surface area contributed by atoms with Crippen LogP contribution in [0.5, 0.6) is 0 Å². The highest BCUT2D eigenvalue weighted by Gasteiger charge is 2.19. The van der Waals surface area contributed by atoms with Gasteiger partial charge < -0.3 is 9.73 Å². The Balaban J connectivity index is 1.31. The topological polar surface area (TPSA) is 28.4 Å². The van der Waals surface area contributed by atoms with Gasteiger partial charge in [-0.15, -0.1) is 0 Å². The third-order valence-corrected chi connectivity index (χ3v) is 4.81. The van der Waals surface area contributed by atoms with E-state index in [9.17, 15) is 0 Å². The molecule has 1 aliphatic carbocycles. The Bertz CT molecular complexity index is 430. The van der Waals surface area contributed by atoms with Crippen molar-refractivity contribution in [2.24, 2.45) is 0 Å². The first-order chi connectivity index (χ1) is 10.4. The van der Waals surface area contributed by atoms with Gasteiger partial charge in [-0.25, -0.2) is 0 Å². The molecule has 2 aliphatic rings. The second kappa shape index (κ2) is 7.81. The SMILES string of the molecule is C1=C(CCNC2CCN(Cc3ccco3)CC2)CCCC1. The van der Waals surface area contributed by atoms with Gasteiger partial charge >= 0.3 is 0 Å². The Morgan fingerprint density at radius 3 is 2.86 bits per heavy atom. The molecule has 116 valence electrons. The minimum Gasteiger partial charge on any atom is -0.468 e. The molecule has 3 heteroatoms. The molecule has 1 saturated heterocycles. The van der Waals surface area contributed by atoms with E-state index >= 15 is 0 Å². The molecule has 0 bridgehead atoms. The van der Waals surface area contributed by atoms with Gasteiger partial charge in [0.1, 0.15) is 5.76 Å². The molecule has 0 unspecified atom stereocenters. The number of hydrogen-bond acceptors (Lipinski definition) is 3. The van der Waals surface area contributed by atoms with E-state index in [1.165, 1.54) is 58.0 Å². The van der Waals surface area contributed by atoms with Gasteiger partial charge in [0.2, 0.25) is 0 Å². The van der Waals surface area contributed by atoms with Crippen LogP contribution < -0.4 is 5.32 Å². The van der Waals surface area contributed by atoms with Crippen LogP contribution in [0.2, 0.25) is 0 Å². The van der Waals surface area contributed by atoms with Crippen molar-refractivity contribution in [3.8, 4) is 0 Å². The molecule has 0 saturated carbocycles. The van der Waals surface area contributed by atoms with Gasteiger partial charge in [-0.05, 0) is 63.6 Å². The number of nitrogens with one attached hydrogen (secondary N) is 1. The molecule has 0 radical (unpaired) electrons. The summed E-state index contributed by atoms with van der Waals surface area (Å²) in [7, 11) is 0. The highest BCUT2D eigenvalue weighted by molar-refractivity contribution is 5.05. The molecule has 1 aromatic heterocycles. The molecule has 0 amide bonds. The maximum Gasteiger partial charge on any atom is 0.117 e. The van der Waals surface area contributed by atoms with Gasteiger partial charge in [-0.3, -0.25) is 4.90 Å². The molecule has 0 spiro atoms. The summed E-state index contributed by atoms with van der Waals surface area (Å²) < 4.78 is 5.43. The molecule has 0 atom stereocenters. The number of likely N-dealkylation sites (tertiary alicyclic amines) is 1. The van der Waals surface area contributed by atoms with Gasteiger partial charge in [0.05, 0.1) is 12.8 Å². The first-order valence-electron chi connectivity index (χ1n) is 8.56. The number of piperidine rings is 1. The van der Waals surface area contributed by atoms with Crippen LogP contribution >= 0.6 is 0 Å². The molecule has 1 N–H and O–H groups in total. The summed E-state index contributed by atoms with van der Waals surface area (Å²) in [4.78, 5) is 2.50. The zero-order chi connectivity index (χ0) is 14.3. The molecule has 3 rings (SSSR count). The van der Waals surface area contributed by atoms with Crippen LogP contribution in [0.25, 0.3) is 0 Å². The maximum absolute atomic E-state index is 5.43. The molecule has 1 aromatic rings. The Labute approximate surface area is 128 Å². The average Bonchev–Trinajstić information content (AvgIpc) is 3.03. The van der Waals surface area contributed by atoms with Crippen LogP contribution in [-0.4, -0.2) is 30.6 Å². The molecule has 2 heterocycles. The first-order valence-corrected chi connectivity index (χ1v) is 8.56. The van der Waals surface area contributed by atoms with Crippen LogP contribution in [0, 0.1) is 0 Å². The van der Waals surface area contributed by atoms with E-state index in [2.05, 4.69) is 22.4 Å². The number of allylic oxidation sites excluding steroid dienone is 1. The second-order valence-corrected chi connectivity index (χ2v) is 6.44. The monoisotopic (exact) mass is 288 g/mol. The van der Waals surface area contributed by atoms with E-state index in [4.69, 9.17) is 4.42 Å². The summed E-state index contributed by atoms with van der Waals surface area (Å²) >= 11 is 0. The summed E-state index contributed by atoms with van der Waals surface area (Å²) in [6.07, 6.45) is 13.5. The standard InChI is InChI=1S/C18H28N2O/c1-2-5-16(6-3-1)8-11-19-17-9-12-20(13-10-17)15-18-7-4-14-21-18/h4-5,7,14,17,19H,1-3,6,8-13,15H2. The third kappa shape index (κ3) is 4.72. The van der Waals surface area contributed by atoms with E-state index in [0.29, 0.717) is 6.04 Å². The van der Waals surface area contributed by atoms with Crippen molar-refractivity contribution in [3.63, 3.8) is 0 Å². The van der Waals surface area contributed by atoms with Crippen LogP contribution in [0.15, 0.2) is 34.5 Å². The Morgan fingerprint density at radius 1 is 1.24 bits per heavy atom. The quantitative estimate of drug-likeness (QED) is 0.809. The van der Waals surface area contributed by atoms with E-state index in [-0.39, 0.29) is 0 Å². The lowest BCUT2D eigenvalue weighted by Gasteiger charge is -2.32. The van der Waals surface area contributed by atoms with E-state index in [0.717, 1.165) is 18.8 Å². The minimum atomic E-state index is 0.710. The number of rotatable bonds is 6. The lowest BCUT2D eigenvalue weighted by atomic mass is 9.97. The van der Waals surface area contributed by atoms with Gasteiger partial charge in [0, 0.05) is 19.1 Å². The summed E-state index contributed by atoms with van der Waals surface area (Å²) in [5.74, 6) is 1.09. The fourth-order valence-corrected chi connectivity index (χ4v) is 3.49. The minimum absolute atomic E-state index is 0.710. The Hall–Kier alpha value is -1.06. The largest absolute Gasteiger partial charge is 0.468 e. The third-order valence-electron chi connectivity index (χ3n) is 4.81. The Morgan fingerprint density at radius 2 is 2.14 bits per heavy atom. The van der Waals surface area contributed by atoms with Crippen molar-refractivity contribution in [1.82, 2.24) is 10.2 Å².